The average Bonchev–Trinajstić information content (AvgIpc) is 2.40. The Balaban J connectivity index is 1.89. The van der Waals surface area contributed by atoms with Gasteiger partial charge in [0.25, 0.3) is 0 Å². The highest BCUT2D eigenvalue weighted by Gasteiger charge is 2.15. The maximum absolute atomic E-state index is 6.11. The summed E-state index contributed by atoms with van der Waals surface area (Å²) in [5, 5.41) is 1.15. The van der Waals surface area contributed by atoms with Crippen molar-refractivity contribution in [3.8, 4) is 5.75 Å². The zero-order valence-electron chi connectivity index (χ0n) is 9.93. The Hall–Kier alpha value is -1.57. The average molecular weight is 227 g/mol. The van der Waals surface area contributed by atoms with Crippen LogP contribution in [-0.2, 0) is 0 Å². The van der Waals surface area contributed by atoms with Crippen LogP contribution in [0.15, 0.2) is 36.5 Å². The molecular weight excluding hydrogens is 210 g/mol. The van der Waals surface area contributed by atoms with E-state index in [4.69, 9.17) is 4.74 Å². The molecular formula is C15H17NO. The molecule has 0 amide bonds. The van der Waals surface area contributed by atoms with Crippen LogP contribution in [0.5, 0.6) is 5.75 Å². The number of pyridine rings is 1. The summed E-state index contributed by atoms with van der Waals surface area (Å²) in [5.74, 6) is 0.940. The van der Waals surface area contributed by atoms with Crippen LogP contribution in [0.4, 0.5) is 0 Å². The van der Waals surface area contributed by atoms with E-state index in [0.29, 0.717) is 6.10 Å². The van der Waals surface area contributed by atoms with Crippen LogP contribution in [0.1, 0.15) is 32.1 Å². The number of para-hydroxylation sites is 1. The molecule has 1 saturated carbocycles. The lowest BCUT2D eigenvalue weighted by Gasteiger charge is -2.23. The standard InChI is InChI=1S/C15H17NO/c1-2-8-13(9-3-1)17-14-10-4-6-12-7-5-11-16-15(12)14/h4-7,10-11,13H,1-3,8-9H2. The maximum atomic E-state index is 6.11. The van der Waals surface area contributed by atoms with Gasteiger partial charge >= 0.3 is 0 Å². The molecule has 2 nitrogen and oxygen atoms in total. The van der Waals surface area contributed by atoms with Crippen molar-refractivity contribution >= 4 is 10.9 Å². The molecule has 1 aliphatic rings. The van der Waals surface area contributed by atoms with Gasteiger partial charge in [0.1, 0.15) is 11.3 Å². The number of rotatable bonds is 2. The molecule has 1 fully saturated rings. The molecule has 0 unspecified atom stereocenters. The number of nitrogens with zero attached hydrogens (tertiary/aromatic N) is 1. The summed E-state index contributed by atoms with van der Waals surface area (Å²) in [4.78, 5) is 4.42. The summed E-state index contributed by atoms with van der Waals surface area (Å²) < 4.78 is 6.11. The zero-order chi connectivity index (χ0) is 11.5. The highest BCUT2D eigenvalue weighted by molar-refractivity contribution is 5.84. The lowest BCUT2D eigenvalue weighted by atomic mass is 9.98. The van der Waals surface area contributed by atoms with E-state index in [1.54, 1.807) is 0 Å². The van der Waals surface area contributed by atoms with Gasteiger partial charge in [-0.15, -0.1) is 0 Å². The van der Waals surface area contributed by atoms with Crippen molar-refractivity contribution in [2.75, 3.05) is 0 Å². The van der Waals surface area contributed by atoms with E-state index in [9.17, 15) is 0 Å². The molecule has 0 bridgehead atoms. The van der Waals surface area contributed by atoms with Crippen molar-refractivity contribution in [1.82, 2.24) is 4.98 Å². The molecule has 0 N–H and O–H groups in total. The van der Waals surface area contributed by atoms with Crippen LogP contribution in [0.25, 0.3) is 10.9 Å². The third-order valence-electron chi connectivity index (χ3n) is 3.44. The van der Waals surface area contributed by atoms with E-state index >= 15 is 0 Å². The summed E-state index contributed by atoms with van der Waals surface area (Å²) in [6.07, 6.45) is 8.53. The number of ether oxygens (including phenoxy) is 1. The fourth-order valence-electron chi connectivity index (χ4n) is 2.53. The predicted octanol–water partition coefficient (Wildman–Crippen LogP) is 3.95. The van der Waals surface area contributed by atoms with Crippen molar-refractivity contribution in [3.63, 3.8) is 0 Å². The van der Waals surface area contributed by atoms with Crippen LogP contribution in [0.2, 0.25) is 0 Å². The highest BCUT2D eigenvalue weighted by Crippen LogP contribution is 2.28. The number of benzene rings is 1. The van der Waals surface area contributed by atoms with Crippen molar-refractivity contribution < 1.29 is 4.74 Å². The molecule has 0 saturated heterocycles. The van der Waals surface area contributed by atoms with E-state index < -0.39 is 0 Å². The SMILES string of the molecule is c1cnc2c(OC3CCCCC3)cccc2c1. The lowest BCUT2D eigenvalue weighted by molar-refractivity contribution is 0.157. The summed E-state index contributed by atoms with van der Waals surface area (Å²) in [6, 6.07) is 10.2. The Morgan fingerprint density at radius 3 is 2.71 bits per heavy atom. The monoisotopic (exact) mass is 227 g/mol. The summed E-state index contributed by atoms with van der Waals surface area (Å²) in [5.41, 5.74) is 0.987. The van der Waals surface area contributed by atoms with Crippen molar-refractivity contribution in [1.29, 1.82) is 0 Å². The number of fused-ring (bicyclic) bond motifs is 1. The van der Waals surface area contributed by atoms with E-state index in [1.807, 2.05) is 24.4 Å². The second kappa shape index (κ2) is 4.74. The molecule has 0 radical (unpaired) electrons. The maximum Gasteiger partial charge on any atom is 0.145 e. The second-order valence-electron chi connectivity index (χ2n) is 4.71. The first-order chi connectivity index (χ1) is 8.43. The van der Waals surface area contributed by atoms with Crippen LogP contribution in [-0.4, -0.2) is 11.1 Å². The Kier molecular flexibility index (Phi) is 2.95. The van der Waals surface area contributed by atoms with Gasteiger partial charge in [0, 0.05) is 11.6 Å². The minimum Gasteiger partial charge on any atom is -0.488 e. The molecule has 0 spiro atoms. The molecule has 17 heavy (non-hydrogen) atoms. The summed E-state index contributed by atoms with van der Waals surface area (Å²) in [7, 11) is 0. The van der Waals surface area contributed by atoms with Crippen molar-refractivity contribution in [3.05, 3.63) is 36.5 Å². The van der Waals surface area contributed by atoms with E-state index in [-0.39, 0.29) is 0 Å². The molecule has 1 heterocycles. The largest absolute Gasteiger partial charge is 0.488 e. The third-order valence-corrected chi connectivity index (χ3v) is 3.44. The molecule has 1 aromatic carbocycles. The molecule has 88 valence electrons. The minimum absolute atomic E-state index is 0.386. The first-order valence-corrected chi connectivity index (χ1v) is 6.44. The van der Waals surface area contributed by atoms with Crippen molar-refractivity contribution in [2.45, 2.75) is 38.2 Å². The van der Waals surface area contributed by atoms with Gasteiger partial charge in [0.2, 0.25) is 0 Å². The van der Waals surface area contributed by atoms with Crippen LogP contribution in [0.3, 0.4) is 0 Å². The first kappa shape index (κ1) is 10.6. The summed E-state index contributed by atoms with van der Waals surface area (Å²) >= 11 is 0. The van der Waals surface area contributed by atoms with E-state index in [1.165, 1.54) is 32.1 Å². The number of aromatic nitrogens is 1. The summed E-state index contributed by atoms with van der Waals surface area (Å²) in [6.45, 7) is 0. The van der Waals surface area contributed by atoms with Gasteiger partial charge in [0.05, 0.1) is 6.10 Å². The lowest BCUT2D eigenvalue weighted by Crippen LogP contribution is -2.19. The van der Waals surface area contributed by atoms with E-state index in [0.717, 1.165) is 16.7 Å². The first-order valence-electron chi connectivity index (χ1n) is 6.44. The van der Waals surface area contributed by atoms with Crippen LogP contribution < -0.4 is 4.74 Å². The van der Waals surface area contributed by atoms with Crippen molar-refractivity contribution in [2.24, 2.45) is 0 Å². The third kappa shape index (κ3) is 2.26. The van der Waals surface area contributed by atoms with Gasteiger partial charge in [0.15, 0.2) is 0 Å². The minimum atomic E-state index is 0.386. The topological polar surface area (TPSA) is 22.1 Å². The van der Waals surface area contributed by atoms with E-state index in [2.05, 4.69) is 17.1 Å². The second-order valence-corrected chi connectivity index (χ2v) is 4.71. The van der Waals surface area contributed by atoms with Crippen LogP contribution in [0, 0.1) is 0 Å². The Morgan fingerprint density at radius 1 is 1.00 bits per heavy atom. The van der Waals surface area contributed by atoms with Gasteiger partial charge in [-0.05, 0) is 37.8 Å². The molecule has 0 aliphatic heterocycles. The highest BCUT2D eigenvalue weighted by atomic mass is 16.5. The fourth-order valence-corrected chi connectivity index (χ4v) is 2.53. The van der Waals surface area contributed by atoms with Gasteiger partial charge in [-0.1, -0.05) is 24.6 Å². The Morgan fingerprint density at radius 2 is 1.82 bits per heavy atom. The molecule has 0 atom stereocenters. The molecule has 1 aliphatic carbocycles. The van der Waals surface area contributed by atoms with Crippen LogP contribution >= 0.6 is 0 Å². The number of hydrogen-bond donors (Lipinski definition) is 0. The zero-order valence-corrected chi connectivity index (χ0v) is 9.93. The Bertz CT molecular complexity index is 498. The molecule has 2 aromatic rings. The molecule has 2 heteroatoms. The van der Waals surface area contributed by atoms with Gasteiger partial charge in [-0.3, -0.25) is 4.98 Å². The number of hydrogen-bond acceptors (Lipinski definition) is 2. The predicted molar refractivity (Wildman–Crippen MR) is 69.2 cm³/mol. The normalized spacial score (nSPS) is 17.2. The van der Waals surface area contributed by atoms with Gasteiger partial charge in [-0.2, -0.15) is 0 Å². The Labute approximate surface area is 102 Å². The quantitative estimate of drug-likeness (QED) is 0.775. The molecule has 1 aromatic heterocycles. The smallest absolute Gasteiger partial charge is 0.145 e. The van der Waals surface area contributed by atoms with Gasteiger partial charge < -0.3 is 4.74 Å². The fraction of sp³-hybridized carbons (Fsp3) is 0.400. The van der Waals surface area contributed by atoms with Gasteiger partial charge in [-0.25, -0.2) is 0 Å². The molecule has 3 rings (SSSR count).